The lowest BCUT2D eigenvalue weighted by molar-refractivity contribution is 0.0742. The molecule has 2 bridgehead atoms. The average Bonchev–Trinajstić information content (AvgIpc) is 3.48. The first kappa shape index (κ1) is 22.8. The first-order valence-corrected chi connectivity index (χ1v) is 12.0. The maximum Gasteiger partial charge on any atom is 0.235 e. The molecule has 9 heteroatoms. The smallest absolute Gasteiger partial charge is 0.235 e. The van der Waals surface area contributed by atoms with E-state index in [0.717, 1.165) is 29.8 Å². The molecule has 2 atom stereocenters. The molecule has 0 amide bonds. The zero-order valence-electron chi connectivity index (χ0n) is 20.5. The fourth-order valence-electron chi connectivity index (χ4n) is 6.22. The summed E-state index contributed by atoms with van der Waals surface area (Å²) in [6.45, 7) is 7.74. The zero-order chi connectivity index (χ0) is 25.5. The second-order valence-electron chi connectivity index (χ2n) is 10.8. The molecule has 0 radical (unpaired) electrons. The molecule has 1 saturated carbocycles. The van der Waals surface area contributed by atoms with Crippen molar-refractivity contribution < 1.29 is 13.9 Å². The minimum Gasteiger partial charge on any atom is -0.384 e. The number of aromatic nitrogens is 6. The lowest BCUT2D eigenvalue weighted by atomic mass is 9.66. The molecule has 6 rings (SSSR count). The summed E-state index contributed by atoms with van der Waals surface area (Å²) in [4.78, 5) is 13.7. The van der Waals surface area contributed by atoms with Gasteiger partial charge in [0.2, 0.25) is 5.95 Å². The third-order valence-corrected chi connectivity index (χ3v) is 8.12. The summed E-state index contributed by atoms with van der Waals surface area (Å²) < 4.78 is 30.7. The first-order chi connectivity index (χ1) is 17.0. The molecule has 0 saturated heterocycles. The fraction of sp³-hybridized carbons (Fsp3) is 0.370. The maximum absolute atomic E-state index is 14.5. The molecule has 0 spiro atoms. The van der Waals surface area contributed by atoms with Gasteiger partial charge in [0, 0.05) is 12.4 Å². The lowest BCUT2D eigenvalue weighted by Gasteiger charge is -2.37. The van der Waals surface area contributed by atoms with Crippen LogP contribution in [0.4, 0.5) is 8.78 Å². The van der Waals surface area contributed by atoms with Crippen LogP contribution in [-0.4, -0.2) is 34.8 Å². The quantitative estimate of drug-likeness (QED) is 0.443. The van der Waals surface area contributed by atoms with Crippen LogP contribution < -0.4 is 0 Å². The molecule has 1 aromatic carbocycles. The molecule has 1 fully saturated rings. The van der Waals surface area contributed by atoms with Gasteiger partial charge in [0.1, 0.15) is 23.6 Å². The van der Waals surface area contributed by atoms with Gasteiger partial charge in [-0.15, -0.1) is 5.10 Å². The number of hydrogen-bond donors (Lipinski definition) is 1. The van der Waals surface area contributed by atoms with Gasteiger partial charge in [-0.3, -0.25) is 4.57 Å². The number of aliphatic hydroxyl groups is 1. The molecule has 2 aliphatic carbocycles. The monoisotopic (exact) mass is 488 g/mol. The summed E-state index contributed by atoms with van der Waals surface area (Å²) in [7, 11) is 0. The number of fused-ring (bicyclic) bond motifs is 5. The van der Waals surface area contributed by atoms with E-state index >= 15 is 0 Å². The summed E-state index contributed by atoms with van der Waals surface area (Å²) in [6.07, 6.45) is 6.75. The van der Waals surface area contributed by atoms with E-state index in [-0.39, 0.29) is 22.6 Å². The third-order valence-electron chi connectivity index (χ3n) is 8.12. The number of rotatable bonds is 4. The highest BCUT2D eigenvalue weighted by Crippen LogP contribution is 2.69. The maximum atomic E-state index is 14.5. The van der Waals surface area contributed by atoms with Crippen LogP contribution >= 0.6 is 0 Å². The molecule has 2 aliphatic rings. The molecule has 1 N–H and O–H groups in total. The summed E-state index contributed by atoms with van der Waals surface area (Å²) in [6, 6.07) is 7.50. The molecule has 4 aromatic rings. The van der Waals surface area contributed by atoms with Gasteiger partial charge >= 0.3 is 0 Å². The van der Waals surface area contributed by atoms with Crippen molar-refractivity contribution in [2.75, 3.05) is 0 Å². The van der Waals surface area contributed by atoms with E-state index in [1.165, 1.54) is 18.2 Å². The summed E-state index contributed by atoms with van der Waals surface area (Å²) in [5, 5.41) is 19.2. The van der Waals surface area contributed by atoms with Crippen LogP contribution in [-0.2, 0) is 11.0 Å². The van der Waals surface area contributed by atoms with Crippen LogP contribution in [0.25, 0.3) is 17.2 Å². The van der Waals surface area contributed by atoms with Crippen molar-refractivity contribution in [1.82, 2.24) is 29.7 Å². The SMILES string of the molecule is CC(C)(O)c1cn(-c2nccc([C@]34CC[C@@H](c5cc(-c6c(F)cccc6F)nnc53)C4(C)C)n2)cn1. The van der Waals surface area contributed by atoms with Crippen molar-refractivity contribution in [3.05, 3.63) is 83.3 Å². The van der Waals surface area contributed by atoms with Gasteiger partial charge in [-0.05, 0) is 67.9 Å². The van der Waals surface area contributed by atoms with Crippen LogP contribution in [0.2, 0.25) is 0 Å². The Morgan fingerprint density at radius 3 is 2.53 bits per heavy atom. The highest BCUT2D eigenvalue weighted by molar-refractivity contribution is 5.64. The van der Waals surface area contributed by atoms with Crippen molar-refractivity contribution in [1.29, 1.82) is 0 Å². The van der Waals surface area contributed by atoms with Crippen molar-refractivity contribution in [3.8, 4) is 17.2 Å². The third kappa shape index (κ3) is 3.01. The van der Waals surface area contributed by atoms with Crippen molar-refractivity contribution >= 4 is 0 Å². The highest BCUT2D eigenvalue weighted by Gasteiger charge is 2.65. The van der Waals surface area contributed by atoms with E-state index in [2.05, 4.69) is 34.0 Å². The normalized spacial score (nSPS) is 22.1. The average molecular weight is 489 g/mol. The Labute approximate surface area is 207 Å². The van der Waals surface area contributed by atoms with Gasteiger partial charge in [0.05, 0.1) is 33.8 Å². The first-order valence-electron chi connectivity index (χ1n) is 12.0. The molecule has 36 heavy (non-hydrogen) atoms. The highest BCUT2D eigenvalue weighted by atomic mass is 19.1. The van der Waals surface area contributed by atoms with E-state index in [0.29, 0.717) is 11.6 Å². The van der Waals surface area contributed by atoms with Crippen molar-refractivity contribution in [3.63, 3.8) is 0 Å². The second-order valence-corrected chi connectivity index (χ2v) is 10.8. The molecular weight excluding hydrogens is 462 g/mol. The number of imidazole rings is 1. The summed E-state index contributed by atoms with van der Waals surface area (Å²) in [5.74, 6) is -0.735. The predicted molar refractivity (Wildman–Crippen MR) is 128 cm³/mol. The number of nitrogens with zero attached hydrogens (tertiary/aromatic N) is 6. The van der Waals surface area contributed by atoms with Crippen molar-refractivity contribution in [2.45, 2.75) is 57.5 Å². The van der Waals surface area contributed by atoms with Crippen LogP contribution in [0, 0.1) is 17.0 Å². The molecular formula is C27H26F2N6O. The van der Waals surface area contributed by atoms with Gasteiger partial charge in [-0.1, -0.05) is 19.9 Å². The van der Waals surface area contributed by atoms with E-state index in [1.807, 2.05) is 6.07 Å². The number of benzene rings is 1. The molecule has 0 aliphatic heterocycles. The van der Waals surface area contributed by atoms with Gasteiger partial charge in [0.15, 0.2) is 0 Å². The van der Waals surface area contributed by atoms with Crippen LogP contribution in [0.5, 0.6) is 0 Å². The second kappa shape index (κ2) is 7.46. The van der Waals surface area contributed by atoms with E-state index < -0.39 is 22.7 Å². The van der Waals surface area contributed by atoms with Gasteiger partial charge in [-0.25, -0.2) is 23.7 Å². The largest absolute Gasteiger partial charge is 0.384 e. The Kier molecular flexibility index (Phi) is 4.73. The Morgan fingerprint density at radius 2 is 1.83 bits per heavy atom. The number of hydrogen-bond acceptors (Lipinski definition) is 6. The van der Waals surface area contributed by atoms with Gasteiger partial charge in [-0.2, -0.15) is 5.10 Å². The standard InChI is InChI=1S/C27H26F2N6O/c1-25(2)16-8-10-27(25,20-9-11-30-24(32-20)35-13-21(31-14-35)26(3,4)36)23-15(16)12-19(33-34-23)22-17(28)6-5-7-18(22)29/h5-7,9,11-14,16,36H,8,10H2,1-4H3/t16-,27+/m0/s1. The Bertz CT molecular complexity index is 1490. The van der Waals surface area contributed by atoms with Crippen LogP contribution in [0.15, 0.2) is 49.1 Å². The lowest BCUT2D eigenvalue weighted by Crippen LogP contribution is -2.38. The minimum atomic E-state index is -1.09. The Balaban J connectivity index is 1.48. The Morgan fingerprint density at radius 1 is 1.08 bits per heavy atom. The molecule has 184 valence electrons. The van der Waals surface area contributed by atoms with Crippen LogP contribution in [0.3, 0.4) is 0 Å². The van der Waals surface area contributed by atoms with E-state index in [4.69, 9.17) is 4.98 Å². The predicted octanol–water partition coefficient (Wildman–Crippen LogP) is 4.83. The number of halogens is 2. The van der Waals surface area contributed by atoms with Gasteiger partial charge < -0.3 is 5.11 Å². The van der Waals surface area contributed by atoms with Crippen LogP contribution in [0.1, 0.15) is 69.1 Å². The van der Waals surface area contributed by atoms with Gasteiger partial charge in [0.25, 0.3) is 0 Å². The van der Waals surface area contributed by atoms with E-state index in [9.17, 15) is 13.9 Å². The fourth-order valence-corrected chi connectivity index (χ4v) is 6.22. The zero-order valence-corrected chi connectivity index (χ0v) is 20.5. The van der Waals surface area contributed by atoms with E-state index in [1.54, 1.807) is 43.2 Å². The minimum absolute atomic E-state index is 0.144. The summed E-state index contributed by atoms with van der Waals surface area (Å²) >= 11 is 0. The molecule has 3 heterocycles. The summed E-state index contributed by atoms with van der Waals surface area (Å²) in [5.41, 5.74) is 1.27. The topological polar surface area (TPSA) is 89.6 Å². The Hall–Kier alpha value is -3.59. The van der Waals surface area contributed by atoms with Crippen molar-refractivity contribution in [2.24, 2.45) is 5.41 Å². The molecule has 0 unspecified atom stereocenters. The molecule has 3 aromatic heterocycles. The molecule has 7 nitrogen and oxygen atoms in total.